The molecule has 2 N–H and O–H groups in total. The largest absolute Gasteiger partial charge is 0.328 e. The van der Waals surface area contributed by atoms with Crippen LogP contribution in [0.15, 0.2) is 29.6 Å². The minimum atomic E-state index is -0.223. The van der Waals surface area contributed by atoms with Crippen molar-refractivity contribution in [2.24, 2.45) is 5.73 Å². The Kier molecular flexibility index (Phi) is 4.44. The summed E-state index contributed by atoms with van der Waals surface area (Å²) in [6, 6.07) is 6.79. The molecule has 0 bridgehead atoms. The zero-order valence-electron chi connectivity index (χ0n) is 10.4. The van der Waals surface area contributed by atoms with Gasteiger partial charge in [-0.3, -0.25) is 0 Å². The van der Waals surface area contributed by atoms with Crippen LogP contribution in [0.3, 0.4) is 0 Å². The maximum Gasteiger partial charge on any atom is 0.123 e. The minimum absolute atomic E-state index is 0.223. The molecule has 0 aliphatic carbocycles. The van der Waals surface area contributed by atoms with Crippen LogP contribution in [0, 0.1) is 5.82 Å². The number of benzene rings is 1. The van der Waals surface area contributed by atoms with Crippen molar-refractivity contribution in [1.82, 2.24) is 4.98 Å². The number of nitrogens with zero attached hydrogens (tertiary/aromatic N) is 1. The Labute approximate surface area is 111 Å². The fourth-order valence-electron chi connectivity index (χ4n) is 1.78. The number of hydrogen-bond acceptors (Lipinski definition) is 3. The summed E-state index contributed by atoms with van der Waals surface area (Å²) in [5, 5.41) is 3.07. The smallest absolute Gasteiger partial charge is 0.123 e. The van der Waals surface area contributed by atoms with Crippen molar-refractivity contribution in [3.63, 3.8) is 0 Å². The van der Waals surface area contributed by atoms with Gasteiger partial charge in [0, 0.05) is 17.0 Å². The second kappa shape index (κ2) is 6.07. The van der Waals surface area contributed by atoms with Crippen LogP contribution in [0.4, 0.5) is 4.39 Å². The van der Waals surface area contributed by atoms with Gasteiger partial charge >= 0.3 is 0 Å². The molecular formula is C14H17FN2S. The van der Waals surface area contributed by atoms with Gasteiger partial charge < -0.3 is 5.73 Å². The van der Waals surface area contributed by atoms with Gasteiger partial charge in [-0.05, 0) is 38.3 Å². The third-order valence-electron chi connectivity index (χ3n) is 2.72. The Morgan fingerprint density at radius 1 is 1.44 bits per heavy atom. The molecule has 0 amide bonds. The quantitative estimate of drug-likeness (QED) is 0.895. The van der Waals surface area contributed by atoms with E-state index in [0.29, 0.717) is 0 Å². The monoisotopic (exact) mass is 264 g/mol. The summed E-state index contributed by atoms with van der Waals surface area (Å²) in [5.74, 6) is -0.223. The van der Waals surface area contributed by atoms with Crippen molar-refractivity contribution in [3.05, 3.63) is 40.5 Å². The van der Waals surface area contributed by atoms with Gasteiger partial charge in [-0.2, -0.15) is 0 Å². The average molecular weight is 264 g/mol. The van der Waals surface area contributed by atoms with Gasteiger partial charge in [0.1, 0.15) is 5.82 Å². The van der Waals surface area contributed by atoms with Gasteiger partial charge in [0.25, 0.3) is 0 Å². The molecule has 0 aliphatic rings. The normalized spacial score (nSPS) is 12.6. The van der Waals surface area contributed by atoms with Gasteiger partial charge in [-0.25, -0.2) is 9.37 Å². The first-order valence-electron chi connectivity index (χ1n) is 6.11. The zero-order chi connectivity index (χ0) is 13.0. The van der Waals surface area contributed by atoms with Gasteiger partial charge in [-0.15, -0.1) is 11.3 Å². The molecule has 0 aliphatic heterocycles. The Hall–Kier alpha value is -1.26. The molecule has 2 nitrogen and oxygen atoms in total. The maximum absolute atomic E-state index is 13.1. The molecule has 0 saturated carbocycles. The second-order valence-electron chi connectivity index (χ2n) is 4.51. The molecule has 18 heavy (non-hydrogen) atoms. The van der Waals surface area contributed by atoms with Crippen LogP contribution >= 0.6 is 11.3 Å². The van der Waals surface area contributed by atoms with E-state index in [1.807, 2.05) is 18.4 Å². The van der Waals surface area contributed by atoms with E-state index in [0.717, 1.165) is 35.5 Å². The Morgan fingerprint density at radius 2 is 2.28 bits per heavy atom. The van der Waals surface area contributed by atoms with Gasteiger partial charge in [0.05, 0.1) is 10.7 Å². The molecule has 1 atom stereocenters. The first-order valence-corrected chi connectivity index (χ1v) is 6.99. The molecular weight excluding hydrogens is 247 g/mol. The molecule has 1 aromatic heterocycles. The van der Waals surface area contributed by atoms with Gasteiger partial charge in [0.15, 0.2) is 0 Å². The molecule has 0 saturated heterocycles. The third-order valence-corrected chi connectivity index (χ3v) is 3.63. The highest BCUT2D eigenvalue weighted by Gasteiger charge is 2.05. The zero-order valence-corrected chi connectivity index (χ0v) is 11.2. The van der Waals surface area contributed by atoms with Crippen molar-refractivity contribution in [1.29, 1.82) is 0 Å². The molecule has 0 spiro atoms. The van der Waals surface area contributed by atoms with Crippen LogP contribution in [-0.4, -0.2) is 11.0 Å². The SMILES string of the molecule is CC(N)CCCc1nc(-c2cccc(F)c2)cs1. The van der Waals surface area contributed by atoms with E-state index >= 15 is 0 Å². The van der Waals surface area contributed by atoms with E-state index < -0.39 is 0 Å². The van der Waals surface area contributed by atoms with Gasteiger partial charge in [-0.1, -0.05) is 12.1 Å². The Bertz CT molecular complexity index is 508. The number of rotatable bonds is 5. The summed E-state index contributed by atoms with van der Waals surface area (Å²) in [4.78, 5) is 4.53. The Morgan fingerprint density at radius 3 is 3.00 bits per heavy atom. The van der Waals surface area contributed by atoms with E-state index in [4.69, 9.17) is 5.73 Å². The number of aryl methyl sites for hydroxylation is 1. The van der Waals surface area contributed by atoms with Crippen LogP contribution < -0.4 is 5.73 Å². The van der Waals surface area contributed by atoms with E-state index in [1.54, 1.807) is 17.4 Å². The number of hydrogen-bond donors (Lipinski definition) is 1. The predicted molar refractivity (Wildman–Crippen MR) is 74.1 cm³/mol. The van der Waals surface area contributed by atoms with Crippen molar-refractivity contribution in [2.45, 2.75) is 32.2 Å². The van der Waals surface area contributed by atoms with Crippen molar-refractivity contribution in [3.8, 4) is 11.3 Å². The first kappa shape index (κ1) is 13.2. The molecule has 2 rings (SSSR count). The van der Waals surface area contributed by atoms with Crippen LogP contribution in [0.2, 0.25) is 0 Å². The molecule has 96 valence electrons. The van der Waals surface area contributed by atoms with Crippen LogP contribution in [0.1, 0.15) is 24.8 Å². The molecule has 1 unspecified atom stereocenters. The molecule has 1 aromatic carbocycles. The summed E-state index contributed by atoms with van der Waals surface area (Å²) in [6.45, 7) is 2.01. The van der Waals surface area contributed by atoms with E-state index in [-0.39, 0.29) is 11.9 Å². The fraction of sp³-hybridized carbons (Fsp3) is 0.357. The lowest BCUT2D eigenvalue weighted by Crippen LogP contribution is -2.14. The lowest BCUT2D eigenvalue weighted by Gasteiger charge is -2.02. The third kappa shape index (κ3) is 3.62. The lowest BCUT2D eigenvalue weighted by molar-refractivity contribution is 0.623. The van der Waals surface area contributed by atoms with Crippen molar-refractivity contribution in [2.75, 3.05) is 0 Å². The molecule has 2 aromatic rings. The van der Waals surface area contributed by atoms with Crippen LogP contribution in [-0.2, 0) is 6.42 Å². The average Bonchev–Trinajstić information content (AvgIpc) is 2.77. The molecule has 0 radical (unpaired) electrons. The molecule has 4 heteroatoms. The summed E-state index contributed by atoms with van der Waals surface area (Å²) in [7, 11) is 0. The lowest BCUT2D eigenvalue weighted by atomic mass is 10.1. The van der Waals surface area contributed by atoms with E-state index in [1.165, 1.54) is 12.1 Å². The highest BCUT2D eigenvalue weighted by atomic mass is 32.1. The second-order valence-corrected chi connectivity index (χ2v) is 5.45. The van der Waals surface area contributed by atoms with Crippen LogP contribution in [0.25, 0.3) is 11.3 Å². The molecule has 1 heterocycles. The highest BCUT2D eigenvalue weighted by Crippen LogP contribution is 2.23. The summed E-state index contributed by atoms with van der Waals surface area (Å²) in [5.41, 5.74) is 7.41. The van der Waals surface area contributed by atoms with Gasteiger partial charge in [0.2, 0.25) is 0 Å². The van der Waals surface area contributed by atoms with Crippen molar-refractivity contribution >= 4 is 11.3 Å². The molecule has 0 fully saturated rings. The number of aromatic nitrogens is 1. The Balaban J connectivity index is 2.02. The topological polar surface area (TPSA) is 38.9 Å². The predicted octanol–water partition coefficient (Wildman–Crippen LogP) is 3.62. The number of nitrogens with two attached hydrogens (primary N) is 1. The fourth-order valence-corrected chi connectivity index (χ4v) is 2.63. The summed E-state index contributed by atoms with van der Waals surface area (Å²) in [6.07, 6.45) is 3.00. The summed E-state index contributed by atoms with van der Waals surface area (Å²) >= 11 is 1.63. The standard InChI is InChI=1S/C14H17FN2S/c1-10(16)4-2-7-14-17-13(9-18-14)11-5-3-6-12(15)8-11/h3,5-6,8-10H,2,4,7,16H2,1H3. The van der Waals surface area contributed by atoms with E-state index in [2.05, 4.69) is 4.98 Å². The first-order chi connectivity index (χ1) is 8.65. The maximum atomic E-state index is 13.1. The number of thiazole rings is 1. The van der Waals surface area contributed by atoms with Crippen LogP contribution in [0.5, 0.6) is 0 Å². The minimum Gasteiger partial charge on any atom is -0.328 e. The number of halogens is 1. The highest BCUT2D eigenvalue weighted by molar-refractivity contribution is 7.09. The van der Waals surface area contributed by atoms with E-state index in [9.17, 15) is 4.39 Å². The summed E-state index contributed by atoms with van der Waals surface area (Å²) < 4.78 is 13.1. The van der Waals surface area contributed by atoms with Crippen molar-refractivity contribution < 1.29 is 4.39 Å².